The van der Waals surface area contributed by atoms with Gasteiger partial charge in [0.25, 0.3) is 0 Å². The molecule has 0 spiro atoms. The number of aromatic nitrogens is 3. The zero-order valence-electron chi connectivity index (χ0n) is 18.8. The van der Waals surface area contributed by atoms with Gasteiger partial charge in [0.1, 0.15) is 0 Å². The molecule has 1 aliphatic rings. The predicted octanol–water partition coefficient (Wildman–Crippen LogP) is 5.31. The second-order valence-electron chi connectivity index (χ2n) is 9.36. The van der Waals surface area contributed by atoms with Crippen LogP contribution in [0, 0.1) is 0 Å². The first kappa shape index (κ1) is 21.0. The Balaban J connectivity index is 1.42. The predicted molar refractivity (Wildman–Crippen MR) is 134 cm³/mol. The lowest BCUT2D eigenvalue weighted by Crippen LogP contribution is -2.30. The van der Waals surface area contributed by atoms with E-state index in [1.807, 2.05) is 24.5 Å². The van der Waals surface area contributed by atoms with Crippen LogP contribution < -0.4 is 5.14 Å². The zero-order valence-corrected chi connectivity index (χ0v) is 19.6. The highest BCUT2D eigenvalue weighted by molar-refractivity contribution is 7.89. The average Bonchev–Trinajstić information content (AvgIpc) is 3.24. The molecule has 0 unspecified atom stereocenters. The minimum Gasteiger partial charge on any atom is -0.236 e. The summed E-state index contributed by atoms with van der Waals surface area (Å²) in [6.45, 7) is 2.34. The maximum Gasteiger partial charge on any atom is 0.238 e. The van der Waals surface area contributed by atoms with Crippen molar-refractivity contribution >= 4 is 26.4 Å². The summed E-state index contributed by atoms with van der Waals surface area (Å²) in [7, 11) is -3.84. The molecular formula is C27H24N4O2S. The molecule has 1 saturated carbocycles. The minimum absolute atomic E-state index is 0.109. The normalized spacial score (nSPS) is 15.5. The van der Waals surface area contributed by atoms with Gasteiger partial charge in [-0.1, -0.05) is 67.9 Å². The second kappa shape index (κ2) is 7.48. The van der Waals surface area contributed by atoms with Crippen LogP contribution in [0.4, 0.5) is 0 Å². The highest BCUT2D eigenvalue weighted by atomic mass is 32.2. The Kier molecular flexibility index (Phi) is 4.62. The van der Waals surface area contributed by atoms with Gasteiger partial charge in [-0.15, -0.1) is 0 Å². The van der Waals surface area contributed by atoms with Gasteiger partial charge in [0.15, 0.2) is 5.65 Å². The van der Waals surface area contributed by atoms with Gasteiger partial charge in [0.2, 0.25) is 10.0 Å². The molecule has 6 nitrogen and oxygen atoms in total. The summed E-state index contributed by atoms with van der Waals surface area (Å²) in [5.41, 5.74) is 6.19. The van der Waals surface area contributed by atoms with Gasteiger partial charge in [0, 0.05) is 28.9 Å². The van der Waals surface area contributed by atoms with Crippen LogP contribution in [0.1, 0.15) is 31.7 Å². The van der Waals surface area contributed by atoms with Crippen molar-refractivity contribution in [2.45, 2.75) is 36.5 Å². The Hall–Kier alpha value is -3.55. The molecule has 170 valence electrons. The summed E-state index contributed by atoms with van der Waals surface area (Å²) in [6, 6.07) is 19.4. The Labute approximate surface area is 198 Å². The van der Waals surface area contributed by atoms with E-state index in [0.717, 1.165) is 27.6 Å². The molecule has 0 aliphatic heterocycles. The summed E-state index contributed by atoms with van der Waals surface area (Å²) >= 11 is 0. The first-order valence-electron chi connectivity index (χ1n) is 11.3. The van der Waals surface area contributed by atoms with E-state index < -0.39 is 10.0 Å². The lowest BCUT2D eigenvalue weighted by Gasteiger charge is -2.39. The van der Waals surface area contributed by atoms with E-state index in [-0.39, 0.29) is 4.90 Å². The first-order chi connectivity index (χ1) is 16.3. The van der Waals surface area contributed by atoms with E-state index >= 15 is 0 Å². The molecule has 0 radical (unpaired) electrons. The fourth-order valence-electron chi connectivity index (χ4n) is 5.03. The minimum atomic E-state index is -3.84. The second-order valence-corrected chi connectivity index (χ2v) is 10.9. The quantitative estimate of drug-likeness (QED) is 0.387. The number of rotatable bonds is 4. The Bertz CT molecular complexity index is 1670. The van der Waals surface area contributed by atoms with Crippen LogP contribution in [0.3, 0.4) is 0 Å². The van der Waals surface area contributed by atoms with Crippen LogP contribution in [0.5, 0.6) is 0 Å². The van der Waals surface area contributed by atoms with E-state index in [1.165, 1.54) is 24.8 Å². The summed E-state index contributed by atoms with van der Waals surface area (Å²) in [5, 5.41) is 11.4. The fourth-order valence-corrected chi connectivity index (χ4v) is 5.77. The van der Waals surface area contributed by atoms with E-state index in [2.05, 4.69) is 36.3 Å². The van der Waals surface area contributed by atoms with Crippen molar-refractivity contribution in [3.05, 3.63) is 84.8 Å². The van der Waals surface area contributed by atoms with Crippen molar-refractivity contribution in [3.63, 3.8) is 0 Å². The van der Waals surface area contributed by atoms with Gasteiger partial charge in [0.05, 0.1) is 11.1 Å². The zero-order chi connectivity index (χ0) is 23.5. The summed E-state index contributed by atoms with van der Waals surface area (Å²) < 4.78 is 25.9. The van der Waals surface area contributed by atoms with Gasteiger partial charge < -0.3 is 0 Å². The highest BCUT2D eigenvalue weighted by Gasteiger charge is 2.33. The Morgan fingerprint density at radius 1 is 0.882 bits per heavy atom. The van der Waals surface area contributed by atoms with E-state index in [0.29, 0.717) is 16.4 Å². The molecule has 0 amide bonds. The van der Waals surface area contributed by atoms with Crippen LogP contribution in [-0.4, -0.2) is 23.0 Å². The van der Waals surface area contributed by atoms with Crippen molar-refractivity contribution in [3.8, 4) is 22.3 Å². The third-order valence-corrected chi connectivity index (χ3v) is 8.18. The molecule has 0 bridgehead atoms. The summed E-state index contributed by atoms with van der Waals surface area (Å²) in [6.07, 6.45) is 9.42. The molecule has 2 aromatic heterocycles. The van der Waals surface area contributed by atoms with Crippen LogP contribution in [0.15, 0.2) is 84.1 Å². The number of fused-ring (bicyclic) bond motifs is 2. The third kappa shape index (κ3) is 3.31. The topological polar surface area (TPSA) is 90.3 Å². The Morgan fingerprint density at radius 3 is 2.29 bits per heavy atom. The number of nitrogens with zero attached hydrogens (tertiary/aromatic N) is 3. The number of benzene rings is 3. The molecule has 2 heterocycles. The molecule has 0 atom stereocenters. The number of primary sulfonamides is 1. The van der Waals surface area contributed by atoms with Gasteiger partial charge >= 0.3 is 0 Å². The molecule has 0 saturated heterocycles. The molecule has 1 aliphatic carbocycles. The lowest BCUT2D eigenvalue weighted by atomic mass is 9.66. The fraction of sp³-hybridized carbons (Fsp3) is 0.185. The molecule has 1 fully saturated rings. The van der Waals surface area contributed by atoms with Crippen molar-refractivity contribution in [2.24, 2.45) is 5.14 Å². The van der Waals surface area contributed by atoms with E-state index in [4.69, 9.17) is 10.1 Å². The lowest BCUT2D eigenvalue weighted by molar-refractivity contribution is 0.272. The largest absolute Gasteiger partial charge is 0.238 e. The SMILES string of the molecule is CC1(c2ccc(-c3cnc4c(-c5ccc(S(N)(=O)=O)c6ccccc56)cnn4c3)cc2)CCC1. The van der Waals surface area contributed by atoms with Crippen LogP contribution in [0.25, 0.3) is 38.7 Å². The van der Waals surface area contributed by atoms with E-state index in [1.54, 1.807) is 35.0 Å². The molecule has 7 heteroatoms. The van der Waals surface area contributed by atoms with Crippen LogP contribution >= 0.6 is 0 Å². The maximum atomic E-state index is 12.1. The van der Waals surface area contributed by atoms with Crippen molar-refractivity contribution in [1.82, 2.24) is 14.6 Å². The van der Waals surface area contributed by atoms with Crippen LogP contribution in [-0.2, 0) is 15.4 Å². The molecule has 5 aromatic rings. The molecule has 3 aromatic carbocycles. The molecule has 6 rings (SSSR count). The van der Waals surface area contributed by atoms with Crippen molar-refractivity contribution in [2.75, 3.05) is 0 Å². The third-order valence-electron chi connectivity index (χ3n) is 7.21. The van der Waals surface area contributed by atoms with E-state index in [9.17, 15) is 8.42 Å². The van der Waals surface area contributed by atoms with Crippen LogP contribution in [0.2, 0.25) is 0 Å². The maximum absolute atomic E-state index is 12.1. The molecule has 34 heavy (non-hydrogen) atoms. The first-order valence-corrected chi connectivity index (χ1v) is 12.9. The Morgan fingerprint density at radius 2 is 1.62 bits per heavy atom. The number of sulfonamides is 1. The standard InChI is InChI=1S/C27H24N4O2S/c1-27(13-4-14-27)20-9-7-18(8-10-20)19-15-29-26-24(16-30-31(26)17-19)22-11-12-25(34(28,32)33)23-6-3-2-5-21(22)23/h2-3,5-12,15-17H,4,13-14H2,1H3,(H2,28,32,33). The number of nitrogens with two attached hydrogens (primary N) is 1. The van der Waals surface area contributed by atoms with Gasteiger partial charge in [-0.05, 0) is 46.4 Å². The molecule has 2 N–H and O–H groups in total. The van der Waals surface area contributed by atoms with Crippen molar-refractivity contribution < 1.29 is 8.42 Å². The highest BCUT2D eigenvalue weighted by Crippen LogP contribution is 2.43. The average molecular weight is 469 g/mol. The van der Waals surface area contributed by atoms with Gasteiger partial charge in [-0.2, -0.15) is 5.10 Å². The molecular weight excluding hydrogens is 444 g/mol. The van der Waals surface area contributed by atoms with Gasteiger partial charge in [-0.25, -0.2) is 23.1 Å². The number of hydrogen-bond acceptors (Lipinski definition) is 4. The smallest absolute Gasteiger partial charge is 0.236 e. The van der Waals surface area contributed by atoms with Gasteiger partial charge in [-0.3, -0.25) is 0 Å². The summed E-state index contributed by atoms with van der Waals surface area (Å²) in [4.78, 5) is 4.84. The van der Waals surface area contributed by atoms with Crippen molar-refractivity contribution in [1.29, 1.82) is 0 Å². The monoisotopic (exact) mass is 468 g/mol. The number of hydrogen-bond donors (Lipinski definition) is 1. The summed E-state index contributed by atoms with van der Waals surface area (Å²) in [5.74, 6) is 0.